The smallest absolute Gasteiger partial charge is 0.257 e. The highest BCUT2D eigenvalue weighted by Gasteiger charge is 2.16. The molecule has 3 aromatic rings. The number of nitrogens with zero attached hydrogens (tertiary/aromatic N) is 3. The summed E-state index contributed by atoms with van der Waals surface area (Å²) in [7, 11) is -3.42. The molecule has 9 heteroatoms. The van der Waals surface area contributed by atoms with Crippen LogP contribution in [-0.4, -0.2) is 30.1 Å². The van der Waals surface area contributed by atoms with E-state index in [1.165, 1.54) is 12.1 Å². The van der Waals surface area contributed by atoms with Crippen LogP contribution >= 0.6 is 15.9 Å². The molecule has 3 rings (SSSR count). The Morgan fingerprint density at radius 3 is 2.71 bits per heavy atom. The minimum absolute atomic E-state index is 0.0638. The maximum absolute atomic E-state index is 12.7. The van der Waals surface area contributed by atoms with E-state index in [-0.39, 0.29) is 11.4 Å². The first-order valence-electron chi connectivity index (χ1n) is 8.08. The predicted molar refractivity (Wildman–Crippen MR) is 108 cm³/mol. The molecule has 0 unspecified atom stereocenters. The zero-order chi connectivity index (χ0) is 20.3. The Hall–Kier alpha value is -2.96. The standard InChI is InChI=1S/C19H15BrN4O3S/c1-28(26,27)16-10-14(20)9-15(11-16)23-19(25)13-8-18(24(12-13)7-5-21)17-4-2-3-6-22-17/h2-4,6,8-12H,7H2,1H3,(H,23,25). The lowest BCUT2D eigenvalue weighted by Gasteiger charge is -2.07. The molecule has 0 aliphatic carbocycles. The molecule has 142 valence electrons. The molecule has 0 spiro atoms. The molecule has 1 aromatic carbocycles. The highest BCUT2D eigenvalue weighted by Crippen LogP contribution is 2.25. The van der Waals surface area contributed by atoms with Crippen molar-refractivity contribution in [3.05, 3.63) is 64.9 Å². The van der Waals surface area contributed by atoms with E-state index in [1.807, 2.05) is 6.07 Å². The number of carbonyl (C=O) groups is 1. The van der Waals surface area contributed by atoms with E-state index in [0.29, 0.717) is 27.1 Å². The van der Waals surface area contributed by atoms with E-state index < -0.39 is 15.7 Å². The topological polar surface area (TPSA) is 105 Å². The maximum Gasteiger partial charge on any atom is 0.257 e. The lowest BCUT2D eigenvalue weighted by molar-refractivity contribution is 0.102. The normalized spacial score (nSPS) is 11.0. The molecule has 28 heavy (non-hydrogen) atoms. The van der Waals surface area contributed by atoms with Gasteiger partial charge in [-0.3, -0.25) is 9.78 Å². The number of amides is 1. The van der Waals surface area contributed by atoms with Crippen molar-refractivity contribution in [2.75, 3.05) is 11.6 Å². The molecule has 2 heterocycles. The zero-order valence-corrected chi connectivity index (χ0v) is 17.2. The fraction of sp³-hybridized carbons (Fsp3) is 0.105. The highest BCUT2D eigenvalue weighted by molar-refractivity contribution is 9.10. The van der Waals surface area contributed by atoms with Gasteiger partial charge in [0.2, 0.25) is 0 Å². The van der Waals surface area contributed by atoms with Crippen molar-refractivity contribution in [3.8, 4) is 17.5 Å². The summed E-state index contributed by atoms with van der Waals surface area (Å²) in [4.78, 5) is 17.1. The number of aromatic nitrogens is 2. The first kappa shape index (κ1) is 19.8. The molecule has 0 saturated carbocycles. The molecule has 0 fully saturated rings. The van der Waals surface area contributed by atoms with E-state index in [0.717, 1.165) is 6.26 Å². The number of carbonyl (C=O) groups excluding carboxylic acids is 1. The number of sulfone groups is 1. The van der Waals surface area contributed by atoms with Crippen molar-refractivity contribution in [2.24, 2.45) is 0 Å². The van der Waals surface area contributed by atoms with Gasteiger partial charge in [-0.2, -0.15) is 5.26 Å². The van der Waals surface area contributed by atoms with Gasteiger partial charge >= 0.3 is 0 Å². The summed E-state index contributed by atoms with van der Waals surface area (Å²) in [6.07, 6.45) is 4.30. The third-order valence-corrected chi connectivity index (χ3v) is 5.43. The maximum atomic E-state index is 12.7. The Balaban J connectivity index is 1.94. The van der Waals surface area contributed by atoms with Crippen molar-refractivity contribution in [1.29, 1.82) is 5.26 Å². The van der Waals surface area contributed by atoms with Gasteiger partial charge in [-0.15, -0.1) is 0 Å². The molecule has 1 amide bonds. The second-order valence-corrected chi connectivity index (χ2v) is 8.95. The van der Waals surface area contributed by atoms with Gasteiger partial charge in [-0.1, -0.05) is 22.0 Å². The van der Waals surface area contributed by atoms with E-state index in [2.05, 4.69) is 32.3 Å². The Labute approximate surface area is 170 Å². The van der Waals surface area contributed by atoms with Crippen LogP contribution in [0.25, 0.3) is 11.4 Å². The SMILES string of the molecule is CS(=O)(=O)c1cc(Br)cc(NC(=O)c2cc(-c3ccccn3)n(CC#N)c2)c1. The molecule has 1 N–H and O–H groups in total. The van der Waals surface area contributed by atoms with Crippen LogP contribution in [-0.2, 0) is 16.4 Å². The Bertz CT molecular complexity index is 1180. The molecule has 0 aliphatic heterocycles. The van der Waals surface area contributed by atoms with Crippen LogP contribution in [0.3, 0.4) is 0 Å². The van der Waals surface area contributed by atoms with Crippen LogP contribution in [0.15, 0.2) is 64.2 Å². The van der Waals surface area contributed by atoms with Crippen LogP contribution in [0.1, 0.15) is 10.4 Å². The molecule has 0 atom stereocenters. The first-order valence-corrected chi connectivity index (χ1v) is 10.8. The van der Waals surface area contributed by atoms with Gasteiger partial charge in [0.1, 0.15) is 6.54 Å². The fourth-order valence-electron chi connectivity index (χ4n) is 2.62. The number of benzene rings is 1. The number of rotatable bonds is 5. The van der Waals surface area contributed by atoms with Gasteiger partial charge in [0.05, 0.1) is 27.9 Å². The summed E-state index contributed by atoms with van der Waals surface area (Å²) in [5.74, 6) is -0.425. The van der Waals surface area contributed by atoms with Crippen LogP contribution in [0, 0.1) is 11.3 Å². The average Bonchev–Trinajstić information content (AvgIpc) is 3.06. The number of hydrogen-bond acceptors (Lipinski definition) is 5. The monoisotopic (exact) mass is 458 g/mol. The molecule has 7 nitrogen and oxygen atoms in total. The van der Waals surface area contributed by atoms with E-state index in [1.54, 1.807) is 41.2 Å². The third kappa shape index (κ3) is 4.47. The summed E-state index contributed by atoms with van der Waals surface area (Å²) in [5, 5.41) is 11.8. The van der Waals surface area contributed by atoms with Gasteiger partial charge in [0.15, 0.2) is 9.84 Å². The molecule has 0 radical (unpaired) electrons. The largest absolute Gasteiger partial charge is 0.332 e. The average molecular weight is 459 g/mol. The quantitative estimate of drug-likeness (QED) is 0.629. The highest BCUT2D eigenvalue weighted by atomic mass is 79.9. The van der Waals surface area contributed by atoms with Gasteiger partial charge in [-0.05, 0) is 36.4 Å². The van der Waals surface area contributed by atoms with Gasteiger partial charge in [-0.25, -0.2) is 8.42 Å². The van der Waals surface area contributed by atoms with Crippen LogP contribution < -0.4 is 5.32 Å². The second kappa shape index (κ2) is 7.96. The van der Waals surface area contributed by atoms with E-state index in [4.69, 9.17) is 5.26 Å². The van der Waals surface area contributed by atoms with Gasteiger partial charge in [0.25, 0.3) is 5.91 Å². The lowest BCUT2D eigenvalue weighted by Crippen LogP contribution is -2.12. The molecule has 0 aliphatic rings. The molecule has 2 aromatic heterocycles. The van der Waals surface area contributed by atoms with E-state index >= 15 is 0 Å². The number of pyridine rings is 1. The van der Waals surface area contributed by atoms with Crippen molar-refractivity contribution < 1.29 is 13.2 Å². The van der Waals surface area contributed by atoms with Crippen molar-refractivity contribution in [3.63, 3.8) is 0 Å². The summed E-state index contributed by atoms with van der Waals surface area (Å²) in [6.45, 7) is 0.0638. The van der Waals surface area contributed by atoms with Crippen LogP contribution in [0.2, 0.25) is 0 Å². The predicted octanol–water partition coefficient (Wildman–Crippen LogP) is 3.49. The minimum atomic E-state index is -3.42. The van der Waals surface area contributed by atoms with Gasteiger partial charge < -0.3 is 9.88 Å². The van der Waals surface area contributed by atoms with E-state index in [9.17, 15) is 13.2 Å². The van der Waals surface area contributed by atoms with Crippen LogP contribution in [0.5, 0.6) is 0 Å². The number of halogens is 1. The molecule has 0 bridgehead atoms. The number of nitrogens with one attached hydrogen (secondary N) is 1. The van der Waals surface area contributed by atoms with Crippen molar-refractivity contribution in [2.45, 2.75) is 11.4 Å². The minimum Gasteiger partial charge on any atom is -0.332 e. The molecular weight excluding hydrogens is 444 g/mol. The molecular formula is C19H15BrN4O3S. The summed E-state index contributed by atoms with van der Waals surface area (Å²) < 4.78 is 25.8. The Kier molecular flexibility index (Phi) is 5.63. The first-order chi connectivity index (χ1) is 13.3. The van der Waals surface area contributed by atoms with Crippen LogP contribution in [0.4, 0.5) is 5.69 Å². The number of hydrogen-bond donors (Lipinski definition) is 1. The number of anilines is 1. The zero-order valence-electron chi connectivity index (χ0n) is 14.8. The second-order valence-electron chi connectivity index (χ2n) is 6.02. The van der Waals surface area contributed by atoms with Crippen molar-refractivity contribution >= 4 is 37.4 Å². The molecule has 0 saturated heterocycles. The lowest BCUT2D eigenvalue weighted by atomic mass is 10.2. The number of nitriles is 1. The van der Waals surface area contributed by atoms with Crippen molar-refractivity contribution in [1.82, 2.24) is 9.55 Å². The summed E-state index contributed by atoms with van der Waals surface area (Å²) in [6, 6.07) is 13.6. The fourth-order valence-corrected chi connectivity index (χ4v) is 3.95. The Morgan fingerprint density at radius 1 is 1.29 bits per heavy atom. The van der Waals surface area contributed by atoms with Gasteiger partial charge in [0, 0.05) is 28.8 Å². The third-order valence-electron chi connectivity index (χ3n) is 3.88. The summed E-state index contributed by atoms with van der Waals surface area (Å²) >= 11 is 3.25. The summed E-state index contributed by atoms with van der Waals surface area (Å²) in [5.41, 5.74) is 1.95. The Morgan fingerprint density at radius 2 is 2.07 bits per heavy atom.